The zero-order chi connectivity index (χ0) is 17.2. The Bertz CT molecular complexity index is 893. The van der Waals surface area contributed by atoms with Crippen molar-refractivity contribution >= 4 is 11.6 Å². The number of rotatable bonds is 2. The van der Waals surface area contributed by atoms with Gasteiger partial charge in [-0.05, 0) is 49.2 Å². The number of imidazole rings is 1. The third kappa shape index (κ3) is 3.27. The monoisotopic (exact) mass is 337 g/mol. The molecule has 1 fully saturated rings. The Hall–Kier alpha value is -2.69. The van der Waals surface area contributed by atoms with Gasteiger partial charge in [-0.3, -0.25) is 4.79 Å². The zero-order valence-electron chi connectivity index (χ0n) is 14.0. The summed E-state index contributed by atoms with van der Waals surface area (Å²) >= 11 is 0. The minimum Gasteiger partial charge on any atom is -0.339 e. The fraction of sp³-hybridized carbons (Fsp3) is 0.300. The van der Waals surface area contributed by atoms with Crippen LogP contribution in [0.1, 0.15) is 36.0 Å². The number of amides is 1. The lowest BCUT2D eigenvalue weighted by Crippen LogP contribution is -2.31. The van der Waals surface area contributed by atoms with Gasteiger partial charge in [0, 0.05) is 31.0 Å². The van der Waals surface area contributed by atoms with Crippen LogP contribution in [0.5, 0.6) is 0 Å². The minimum absolute atomic E-state index is 0.0841. The summed E-state index contributed by atoms with van der Waals surface area (Å²) < 4.78 is 15.0. The number of hydrogen-bond acceptors (Lipinski definition) is 2. The molecule has 1 aromatic carbocycles. The van der Waals surface area contributed by atoms with Crippen LogP contribution in [0, 0.1) is 5.82 Å². The SMILES string of the molecule is O=C(c1ccc2nc(-c3ccc(F)cc3)cn2c1)N1CCCCCC1. The Morgan fingerprint density at radius 1 is 0.920 bits per heavy atom. The van der Waals surface area contributed by atoms with Crippen molar-refractivity contribution in [1.29, 1.82) is 0 Å². The number of likely N-dealkylation sites (tertiary alicyclic amines) is 1. The molecule has 3 aromatic rings. The number of aromatic nitrogens is 2. The van der Waals surface area contributed by atoms with Gasteiger partial charge >= 0.3 is 0 Å². The summed E-state index contributed by atoms with van der Waals surface area (Å²) in [5.41, 5.74) is 3.06. The number of pyridine rings is 1. The fourth-order valence-corrected chi connectivity index (χ4v) is 3.33. The van der Waals surface area contributed by atoms with E-state index in [0.29, 0.717) is 5.56 Å². The van der Waals surface area contributed by atoms with E-state index in [1.807, 2.05) is 33.8 Å². The van der Waals surface area contributed by atoms with E-state index in [2.05, 4.69) is 4.98 Å². The molecule has 4 nitrogen and oxygen atoms in total. The molecular formula is C20H20FN3O. The topological polar surface area (TPSA) is 37.6 Å². The predicted molar refractivity (Wildman–Crippen MR) is 95.0 cm³/mol. The van der Waals surface area contributed by atoms with Gasteiger partial charge in [0.25, 0.3) is 5.91 Å². The van der Waals surface area contributed by atoms with Crippen molar-refractivity contribution in [1.82, 2.24) is 14.3 Å². The van der Waals surface area contributed by atoms with Gasteiger partial charge in [-0.2, -0.15) is 0 Å². The molecule has 2 aromatic heterocycles. The molecule has 1 amide bonds. The second-order valence-electron chi connectivity index (χ2n) is 6.52. The molecule has 0 saturated carbocycles. The van der Waals surface area contributed by atoms with Gasteiger partial charge in [0.1, 0.15) is 11.5 Å². The van der Waals surface area contributed by atoms with Gasteiger partial charge in [-0.1, -0.05) is 12.8 Å². The highest BCUT2D eigenvalue weighted by atomic mass is 19.1. The van der Waals surface area contributed by atoms with Gasteiger partial charge in [0.15, 0.2) is 0 Å². The van der Waals surface area contributed by atoms with Gasteiger partial charge in [-0.25, -0.2) is 9.37 Å². The third-order valence-corrected chi connectivity index (χ3v) is 4.73. The van der Waals surface area contributed by atoms with E-state index in [0.717, 1.165) is 42.8 Å². The molecule has 0 radical (unpaired) electrons. The molecule has 25 heavy (non-hydrogen) atoms. The average Bonchev–Trinajstić information content (AvgIpc) is 2.86. The first-order valence-corrected chi connectivity index (χ1v) is 8.75. The van der Waals surface area contributed by atoms with Gasteiger partial charge in [-0.15, -0.1) is 0 Å². The molecule has 0 unspecified atom stereocenters. The van der Waals surface area contributed by atoms with Gasteiger partial charge in [0.05, 0.1) is 11.3 Å². The number of fused-ring (bicyclic) bond motifs is 1. The molecule has 1 aliphatic rings. The van der Waals surface area contributed by atoms with E-state index in [-0.39, 0.29) is 11.7 Å². The van der Waals surface area contributed by atoms with Crippen LogP contribution in [0.3, 0.4) is 0 Å². The number of benzene rings is 1. The van der Waals surface area contributed by atoms with Crippen LogP contribution in [0.15, 0.2) is 48.8 Å². The number of carbonyl (C=O) groups excluding carboxylic acids is 1. The van der Waals surface area contributed by atoms with Crippen molar-refractivity contribution in [3.05, 3.63) is 60.2 Å². The lowest BCUT2D eigenvalue weighted by atomic mass is 10.2. The quantitative estimate of drug-likeness (QED) is 0.704. The highest BCUT2D eigenvalue weighted by Crippen LogP contribution is 2.21. The molecule has 4 rings (SSSR count). The van der Waals surface area contributed by atoms with E-state index >= 15 is 0 Å². The van der Waals surface area contributed by atoms with Crippen LogP contribution in [-0.4, -0.2) is 33.3 Å². The Balaban J connectivity index is 1.63. The number of nitrogens with zero attached hydrogens (tertiary/aromatic N) is 3. The molecule has 3 heterocycles. The molecular weight excluding hydrogens is 317 g/mol. The van der Waals surface area contributed by atoms with E-state index in [4.69, 9.17) is 0 Å². The van der Waals surface area contributed by atoms with Crippen molar-refractivity contribution < 1.29 is 9.18 Å². The number of hydrogen-bond donors (Lipinski definition) is 0. The second kappa shape index (κ2) is 6.67. The molecule has 5 heteroatoms. The maximum absolute atomic E-state index is 13.1. The summed E-state index contributed by atoms with van der Waals surface area (Å²) in [5.74, 6) is -0.182. The Morgan fingerprint density at radius 3 is 2.36 bits per heavy atom. The summed E-state index contributed by atoms with van der Waals surface area (Å²) in [6.45, 7) is 1.67. The smallest absolute Gasteiger partial charge is 0.255 e. The lowest BCUT2D eigenvalue weighted by molar-refractivity contribution is 0.0761. The first-order chi connectivity index (χ1) is 12.2. The molecule has 0 atom stereocenters. The van der Waals surface area contributed by atoms with Gasteiger partial charge < -0.3 is 9.30 Å². The summed E-state index contributed by atoms with van der Waals surface area (Å²) in [7, 11) is 0. The lowest BCUT2D eigenvalue weighted by Gasteiger charge is -2.20. The molecule has 128 valence electrons. The van der Waals surface area contributed by atoms with Crippen molar-refractivity contribution in [2.75, 3.05) is 13.1 Å². The van der Waals surface area contributed by atoms with Crippen molar-refractivity contribution in [2.24, 2.45) is 0 Å². The highest BCUT2D eigenvalue weighted by molar-refractivity contribution is 5.94. The summed E-state index contributed by atoms with van der Waals surface area (Å²) in [4.78, 5) is 19.3. The van der Waals surface area contributed by atoms with Crippen LogP contribution in [0.25, 0.3) is 16.9 Å². The minimum atomic E-state index is -0.266. The van der Waals surface area contributed by atoms with Crippen LogP contribution < -0.4 is 0 Å². The third-order valence-electron chi connectivity index (χ3n) is 4.73. The van der Waals surface area contributed by atoms with E-state index in [9.17, 15) is 9.18 Å². The highest BCUT2D eigenvalue weighted by Gasteiger charge is 2.18. The summed E-state index contributed by atoms with van der Waals surface area (Å²) in [6, 6.07) is 9.96. The van der Waals surface area contributed by atoms with Crippen LogP contribution in [-0.2, 0) is 0 Å². The molecule has 0 aliphatic carbocycles. The van der Waals surface area contributed by atoms with E-state index < -0.39 is 0 Å². The number of carbonyl (C=O) groups is 1. The zero-order valence-corrected chi connectivity index (χ0v) is 14.0. The second-order valence-corrected chi connectivity index (χ2v) is 6.52. The van der Waals surface area contributed by atoms with Crippen molar-refractivity contribution in [2.45, 2.75) is 25.7 Å². The Morgan fingerprint density at radius 2 is 1.64 bits per heavy atom. The van der Waals surface area contributed by atoms with Crippen molar-refractivity contribution in [3.8, 4) is 11.3 Å². The molecule has 1 aliphatic heterocycles. The predicted octanol–water partition coefficient (Wildman–Crippen LogP) is 4.16. The molecule has 1 saturated heterocycles. The van der Waals surface area contributed by atoms with Crippen LogP contribution in [0.2, 0.25) is 0 Å². The molecule has 0 N–H and O–H groups in total. The Kier molecular flexibility index (Phi) is 4.22. The normalized spacial score (nSPS) is 15.3. The van der Waals surface area contributed by atoms with Crippen molar-refractivity contribution in [3.63, 3.8) is 0 Å². The fourth-order valence-electron chi connectivity index (χ4n) is 3.33. The van der Waals surface area contributed by atoms with Crippen LogP contribution >= 0.6 is 0 Å². The molecule has 0 bridgehead atoms. The maximum atomic E-state index is 13.1. The number of halogens is 1. The van der Waals surface area contributed by atoms with Gasteiger partial charge in [0.2, 0.25) is 0 Å². The first kappa shape index (κ1) is 15.8. The van der Waals surface area contributed by atoms with E-state index in [1.165, 1.54) is 25.0 Å². The maximum Gasteiger partial charge on any atom is 0.255 e. The van der Waals surface area contributed by atoms with E-state index in [1.54, 1.807) is 12.1 Å². The average molecular weight is 337 g/mol. The summed E-state index contributed by atoms with van der Waals surface area (Å²) in [6.07, 6.45) is 8.27. The summed E-state index contributed by atoms with van der Waals surface area (Å²) in [5, 5.41) is 0. The largest absolute Gasteiger partial charge is 0.339 e. The standard InChI is InChI=1S/C20H20FN3O/c21-17-8-5-15(6-9-17)18-14-24-13-16(7-10-19(24)22-18)20(25)23-11-3-1-2-4-12-23/h5-10,13-14H,1-4,11-12H2. The molecule has 0 spiro atoms. The van der Waals surface area contributed by atoms with Crippen LogP contribution in [0.4, 0.5) is 4.39 Å². The first-order valence-electron chi connectivity index (χ1n) is 8.75. The Labute approximate surface area is 145 Å².